The summed E-state index contributed by atoms with van der Waals surface area (Å²) >= 11 is 0. The number of carbonyl (C=O) groups is 1. The van der Waals surface area contributed by atoms with Gasteiger partial charge in [0.05, 0.1) is 12.2 Å². The molecule has 1 unspecified atom stereocenters. The lowest BCUT2D eigenvalue weighted by atomic mass is 9.76. The van der Waals surface area contributed by atoms with Crippen molar-refractivity contribution in [3.63, 3.8) is 0 Å². The normalized spacial score (nSPS) is 24.1. The Kier molecular flexibility index (Phi) is 3.43. The Morgan fingerprint density at radius 2 is 2.39 bits per heavy atom. The molecule has 0 radical (unpaired) electrons. The molecule has 5 nitrogen and oxygen atoms in total. The molecule has 0 saturated carbocycles. The van der Waals surface area contributed by atoms with Gasteiger partial charge >= 0.3 is 5.97 Å². The van der Waals surface area contributed by atoms with Gasteiger partial charge in [-0.3, -0.25) is 9.69 Å². The van der Waals surface area contributed by atoms with E-state index < -0.39 is 12.0 Å². The van der Waals surface area contributed by atoms with Gasteiger partial charge in [0.1, 0.15) is 6.04 Å². The number of carboxylic acid groups (broad SMARTS) is 1. The maximum absolute atomic E-state index is 11.5. The van der Waals surface area contributed by atoms with Crippen molar-refractivity contribution in [2.45, 2.75) is 46.2 Å². The van der Waals surface area contributed by atoms with Gasteiger partial charge in [-0.25, -0.2) is 0 Å². The van der Waals surface area contributed by atoms with E-state index in [0.717, 1.165) is 30.8 Å². The second-order valence-corrected chi connectivity index (χ2v) is 5.74. The Morgan fingerprint density at radius 3 is 2.94 bits per heavy atom. The molecular formula is C13H20N2O3. The molecule has 2 rings (SSSR count). The van der Waals surface area contributed by atoms with Crippen molar-refractivity contribution < 1.29 is 14.4 Å². The summed E-state index contributed by atoms with van der Waals surface area (Å²) in [6.07, 6.45) is 1.96. The monoisotopic (exact) mass is 252 g/mol. The maximum Gasteiger partial charge on any atom is 0.321 e. The van der Waals surface area contributed by atoms with Gasteiger partial charge < -0.3 is 9.63 Å². The third kappa shape index (κ3) is 2.56. The Bertz CT molecular complexity index is 439. The van der Waals surface area contributed by atoms with Crippen molar-refractivity contribution in [1.82, 2.24) is 10.1 Å². The zero-order valence-corrected chi connectivity index (χ0v) is 11.1. The van der Waals surface area contributed by atoms with Crippen LogP contribution in [0, 0.1) is 12.3 Å². The molecule has 1 aromatic rings. The molecule has 1 atom stereocenters. The Morgan fingerprint density at radius 1 is 1.67 bits per heavy atom. The lowest BCUT2D eigenvalue weighted by Gasteiger charge is -2.43. The van der Waals surface area contributed by atoms with E-state index in [9.17, 15) is 9.90 Å². The predicted molar refractivity (Wildman–Crippen MR) is 66.1 cm³/mol. The Balaban J connectivity index is 2.17. The van der Waals surface area contributed by atoms with Gasteiger partial charge in [0.15, 0.2) is 5.76 Å². The van der Waals surface area contributed by atoms with Gasteiger partial charge in [-0.1, -0.05) is 19.0 Å². The molecule has 18 heavy (non-hydrogen) atoms. The molecule has 0 amide bonds. The van der Waals surface area contributed by atoms with Crippen molar-refractivity contribution >= 4 is 5.97 Å². The molecule has 0 aromatic carbocycles. The van der Waals surface area contributed by atoms with Crippen LogP contribution >= 0.6 is 0 Å². The van der Waals surface area contributed by atoms with Crippen LogP contribution in [0.2, 0.25) is 0 Å². The number of hydrogen-bond donors (Lipinski definition) is 1. The summed E-state index contributed by atoms with van der Waals surface area (Å²) in [7, 11) is 0. The molecule has 1 aliphatic heterocycles. The lowest BCUT2D eigenvalue weighted by Crippen LogP contribution is -2.53. The fraction of sp³-hybridized carbons (Fsp3) is 0.692. The minimum atomic E-state index is -0.754. The van der Waals surface area contributed by atoms with Crippen LogP contribution in [0.1, 0.15) is 38.1 Å². The molecule has 5 heteroatoms. The Hall–Kier alpha value is -1.36. The first kappa shape index (κ1) is 13.1. The van der Waals surface area contributed by atoms with Crippen molar-refractivity contribution in [2.24, 2.45) is 5.41 Å². The van der Waals surface area contributed by atoms with E-state index in [0.29, 0.717) is 6.54 Å². The maximum atomic E-state index is 11.5. The van der Waals surface area contributed by atoms with E-state index in [1.165, 1.54) is 0 Å². The second kappa shape index (κ2) is 4.72. The van der Waals surface area contributed by atoms with E-state index in [-0.39, 0.29) is 5.41 Å². The van der Waals surface area contributed by atoms with E-state index in [4.69, 9.17) is 4.52 Å². The standard InChI is InChI=1S/C13H20N2O3/c1-9-7-10(18-14-9)8-15-6-4-5-13(2,3)11(15)12(16)17/h7,11H,4-6,8H2,1-3H3,(H,16,17). The predicted octanol–water partition coefficient (Wildman–Crippen LogP) is 2.06. The van der Waals surface area contributed by atoms with Crippen molar-refractivity contribution in [2.75, 3.05) is 6.54 Å². The number of likely N-dealkylation sites (tertiary alicyclic amines) is 1. The Labute approximate surface area is 107 Å². The van der Waals surface area contributed by atoms with E-state index >= 15 is 0 Å². The minimum absolute atomic E-state index is 0.209. The summed E-state index contributed by atoms with van der Waals surface area (Å²) in [4.78, 5) is 13.5. The van der Waals surface area contributed by atoms with Crippen molar-refractivity contribution in [3.05, 3.63) is 17.5 Å². The number of aromatic nitrogens is 1. The average molecular weight is 252 g/mol. The van der Waals surface area contributed by atoms with Crippen LogP contribution in [-0.2, 0) is 11.3 Å². The zero-order valence-electron chi connectivity index (χ0n) is 11.1. The van der Waals surface area contributed by atoms with Crippen LogP contribution in [0.4, 0.5) is 0 Å². The molecule has 0 bridgehead atoms. The highest BCUT2D eigenvalue weighted by Crippen LogP contribution is 2.36. The summed E-state index contributed by atoms with van der Waals surface area (Å²) in [6.45, 7) is 7.20. The van der Waals surface area contributed by atoms with Crippen LogP contribution in [0.5, 0.6) is 0 Å². The largest absolute Gasteiger partial charge is 0.480 e. The molecule has 1 saturated heterocycles. The summed E-state index contributed by atoms with van der Waals surface area (Å²) in [5.41, 5.74) is 0.618. The summed E-state index contributed by atoms with van der Waals surface area (Å²) in [5.74, 6) is -0.0209. The number of hydrogen-bond acceptors (Lipinski definition) is 4. The summed E-state index contributed by atoms with van der Waals surface area (Å²) in [5, 5.41) is 13.3. The first-order chi connectivity index (χ1) is 8.40. The topological polar surface area (TPSA) is 66.6 Å². The van der Waals surface area contributed by atoms with Crippen LogP contribution in [0.15, 0.2) is 10.6 Å². The third-order valence-electron chi connectivity index (χ3n) is 3.64. The van der Waals surface area contributed by atoms with E-state index in [1.807, 2.05) is 31.7 Å². The van der Waals surface area contributed by atoms with E-state index in [1.54, 1.807) is 0 Å². The van der Waals surface area contributed by atoms with Gasteiger partial charge in [-0.05, 0) is 31.7 Å². The highest BCUT2D eigenvalue weighted by molar-refractivity contribution is 5.74. The van der Waals surface area contributed by atoms with Gasteiger partial charge in [0.2, 0.25) is 0 Å². The fourth-order valence-corrected chi connectivity index (χ4v) is 2.85. The highest BCUT2D eigenvalue weighted by atomic mass is 16.5. The smallest absolute Gasteiger partial charge is 0.321 e. The number of aryl methyl sites for hydroxylation is 1. The van der Waals surface area contributed by atoms with Crippen LogP contribution in [-0.4, -0.2) is 33.7 Å². The number of aliphatic carboxylic acids is 1. The SMILES string of the molecule is Cc1cc(CN2CCCC(C)(C)C2C(=O)O)on1. The van der Waals surface area contributed by atoms with Crippen LogP contribution < -0.4 is 0 Å². The molecule has 1 fully saturated rings. The first-order valence-electron chi connectivity index (χ1n) is 6.29. The lowest BCUT2D eigenvalue weighted by molar-refractivity contribution is -0.151. The number of rotatable bonds is 3. The van der Waals surface area contributed by atoms with Crippen molar-refractivity contribution in [1.29, 1.82) is 0 Å². The van der Waals surface area contributed by atoms with Gasteiger partial charge in [0.25, 0.3) is 0 Å². The molecule has 0 spiro atoms. The van der Waals surface area contributed by atoms with Crippen molar-refractivity contribution in [3.8, 4) is 0 Å². The molecule has 0 aliphatic carbocycles. The summed E-state index contributed by atoms with van der Waals surface area (Å²) in [6, 6.07) is 1.40. The third-order valence-corrected chi connectivity index (χ3v) is 3.64. The molecule has 2 heterocycles. The minimum Gasteiger partial charge on any atom is -0.480 e. The number of carboxylic acids is 1. The van der Waals surface area contributed by atoms with Crippen LogP contribution in [0.3, 0.4) is 0 Å². The van der Waals surface area contributed by atoms with E-state index in [2.05, 4.69) is 5.16 Å². The molecule has 1 aromatic heterocycles. The molecule has 1 N–H and O–H groups in total. The number of nitrogens with zero attached hydrogens (tertiary/aromatic N) is 2. The average Bonchev–Trinajstić information content (AvgIpc) is 2.61. The zero-order chi connectivity index (χ0) is 13.3. The molecular weight excluding hydrogens is 232 g/mol. The highest BCUT2D eigenvalue weighted by Gasteiger charge is 2.42. The van der Waals surface area contributed by atoms with Gasteiger partial charge in [-0.15, -0.1) is 0 Å². The first-order valence-corrected chi connectivity index (χ1v) is 6.29. The van der Waals surface area contributed by atoms with Gasteiger partial charge in [-0.2, -0.15) is 0 Å². The second-order valence-electron chi connectivity index (χ2n) is 5.74. The van der Waals surface area contributed by atoms with Crippen LogP contribution in [0.25, 0.3) is 0 Å². The molecule has 1 aliphatic rings. The summed E-state index contributed by atoms with van der Waals surface area (Å²) < 4.78 is 5.18. The van der Waals surface area contributed by atoms with Gasteiger partial charge in [0, 0.05) is 6.07 Å². The quantitative estimate of drug-likeness (QED) is 0.891. The fourth-order valence-electron chi connectivity index (χ4n) is 2.85. The molecule has 100 valence electrons. The number of piperidine rings is 1.